The monoisotopic (exact) mass is 369 g/mol. The van der Waals surface area contributed by atoms with Crippen LogP contribution in [0.3, 0.4) is 0 Å². The quantitative estimate of drug-likeness (QED) is 0.859. The van der Waals surface area contributed by atoms with Gasteiger partial charge in [0.05, 0.1) is 4.47 Å². The molecule has 0 saturated carbocycles. The summed E-state index contributed by atoms with van der Waals surface area (Å²) in [7, 11) is 0. The highest BCUT2D eigenvalue weighted by Gasteiger charge is 2.07. The largest absolute Gasteiger partial charge is 0.456 e. The second kappa shape index (κ2) is 6.36. The second-order valence-corrected chi connectivity index (χ2v) is 5.59. The molecule has 0 heterocycles. The van der Waals surface area contributed by atoms with Crippen LogP contribution in [0.15, 0.2) is 51.4 Å². The van der Waals surface area contributed by atoms with Crippen molar-refractivity contribution in [3.63, 3.8) is 0 Å². The number of hydrogen-bond donors (Lipinski definition) is 1. The molecule has 4 heteroatoms. The maximum Gasteiger partial charge on any atom is 0.141 e. The minimum absolute atomic E-state index is 0.605. The maximum absolute atomic E-state index is 5.94. The van der Waals surface area contributed by atoms with E-state index in [4.69, 9.17) is 10.5 Å². The average Bonchev–Trinajstić information content (AvgIpc) is 2.36. The van der Waals surface area contributed by atoms with Crippen molar-refractivity contribution in [3.05, 3.63) is 57.0 Å². The molecule has 0 spiro atoms. The molecule has 0 saturated heterocycles. The first-order valence-electron chi connectivity index (χ1n) is 5.61. The highest BCUT2D eigenvalue weighted by atomic mass is 79.9. The van der Waals surface area contributed by atoms with Gasteiger partial charge in [0.1, 0.15) is 11.5 Å². The summed E-state index contributed by atoms with van der Waals surface area (Å²) in [5, 5.41) is 0. The first-order chi connectivity index (χ1) is 8.70. The van der Waals surface area contributed by atoms with E-state index in [9.17, 15) is 0 Å². The molecule has 0 aliphatic heterocycles. The molecule has 0 aromatic heterocycles. The summed E-state index contributed by atoms with van der Waals surface area (Å²) in [6.45, 7) is 0.605. The third-order valence-electron chi connectivity index (χ3n) is 2.50. The van der Waals surface area contributed by atoms with E-state index in [1.165, 1.54) is 0 Å². The zero-order valence-electron chi connectivity index (χ0n) is 9.70. The Morgan fingerprint density at radius 2 is 1.78 bits per heavy atom. The molecule has 18 heavy (non-hydrogen) atoms. The first kappa shape index (κ1) is 13.6. The Labute approximate surface area is 123 Å². The summed E-state index contributed by atoms with van der Waals surface area (Å²) in [6, 6.07) is 13.8. The van der Waals surface area contributed by atoms with Gasteiger partial charge in [0.25, 0.3) is 0 Å². The van der Waals surface area contributed by atoms with Crippen LogP contribution in [-0.4, -0.2) is 6.54 Å². The summed E-state index contributed by atoms with van der Waals surface area (Å²) in [6.07, 6.45) is 0.799. The lowest BCUT2D eigenvalue weighted by Gasteiger charge is -2.12. The lowest BCUT2D eigenvalue weighted by atomic mass is 10.1. The van der Waals surface area contributed by atoms with Gasteiger partial charge in [-0.3, -0.25) is 0 Å². The van der Waals surface area contributed by atoms with Crippen molar-refractivity contribution >= 4 is 31.9 Å². The number of para-hydroxylation sites is 1. The molecule has 2 aromatic rings. The summed E-state index contributed by atoms with van der Waals surface area (Å²) < 4.78 is 7.87. The van der Waals surface area contributed by atoms with Gasteiger partial charge in [0.2, 0.25) is 0 Å². The number of benzene rings is 2. The van der Waals surface area contributed by atoms with Gasteiger partial charge in [-0.15, -0.1) is 0 Å². The zero-order chi connectivity index (χ0) is 13.0. The Bertz CT molecular complexity index is 543. The third-order valence-corrected chi connectivity index (χ3v) is 3.65. The predicted molar refractivity (Wildman–Crippen MR) is 81.1 cm³/mol. The van der Waals surface area contributed by atoms with Gasteiger partial charge in [-0.05, 0) is 58.7 Å². The number of nitrogens with two attached hydrogens (primary N) is 1. The Kier molecular flexibility index (Phi) is 4.80. The van der Waals surface area contributed by atoms with E-state index < -0.39 is 0 Å². The number of ether oxygens (including phenoxy) is 1. The van der Waals surface area contributed by atoms with Crippen LogP contribution in [0, 0.1) is 0 Å². The summed E-state index contributed by atoms with van der Waals surface area (Å²) in [4.78, 5) is 0. The lowest BCUT2D eigenvalue weighted by molar-refractivity contribution is 0.473. The van der Waals surface area contributed by atoms with Crippen molar-refractivity contribution in [2.45, 2.75) is 6.42 Å². The van der Waals surface area contributed by atoms with E-state index in [2.05, 4.69) is 31.9 Å². The van der Waals surface area contributed by atoms with Crippen LogP contribution in [0.2, 0.25) is 0 Å². The van der Waals surface area contributed by atoms with Crippen molar-refractivity contribution in [3.8, 4) is 11.5 Å². The Morgan fingerprint density at radius 3 is 2.50 bits per heavy atom. The molecular formula is C14H13Br2NO. The molecule has 2 rings (SSSR count). The predicted octanol–water partition coefficient (Wildman–Crippen LogP) is 4.51. The molecule has 94 valence electrons. The van der Waals surface area contributed by atoms with Crippen molar-refractivity contribution in [1.82, 2.24) is 0 Å². The molecule has 0 aliphatic carbocycles. The van der Waals surface area contributed by atoms with Crippen LogP contribution in [-0.2, 0) is 6.42 Å². The highest BCUT2D eigenvalue weighted by Crippen LogP contribution is 2.33. The summed E-state index contributed by atoms with van der Waals surface area (Å²) in [5.74, 6) is 1.63. The minimum Gasteiger partial charge on any atom is -0.456 e. The SMILES string of the molecule is NCCc1ccc(Br)cc1Oc1ccccc1Br. The Morgan fingerprint density at radius 1 is 1.00 bits per heavy atom. The fourth-order valence-electron chi connectivity index (χ4n) is 1.63. The van der Waals surface area contributed by atoms with Crippen molar-refractivity contribution in [1.29, 1.82) is 0 Å². The smallest absolute Gasteiger partial charge is 0.141 e. The topological polar surface area (TPSA) is 35.2 Å². The Balaban J connectivity index is 2.33. The molecule has 0 radical (unpaired) electrons. The van der Waals surface area contributed by atoms with E-state index in [0.29, 0.717) is 6.54 Å². The number of rotatable bonds is 4. The lowest BCUT2D eigenvalue weighted by Crippen LogP contribution is -2.04. The number of halogens is 2. The van der Waals surface area contributed by atoms with E-state index in [-0.39, 0.29) is 0 Å². The second-order valence-electron chi connectivity index (χ2n) is 3.82. The molecule has 2 nitrogen and oxygen atoms in total. The van der Waals surface area contributed by atoms with Gasteiger partial charge < -0.3 is 10.5 Å². The average molecular weight is 371 g/mol. The minimum atomic E-state index is 0.605. The van der Waals surface area contributed by atoms with E-state index in [1.807, 2.05) is 42.5 Å². The zero-order valence-corrected chi connectivity index (χ0v) is 12.9. The van der Waals surface area contributed by atoms with Gasteiger partial charge in [-0.25, -0.2) is 0 Å². The highest BCUT2D eigenvalue weighted by molar-refractivity contribution is 9.10. The van der Waals surface area contributed by atoms with Crippen molar-refractivity contribution < 1.29 is 4.74 Å². The van der Waals surface area contributed by atoms with Gasteiger partial charge in [-0.1, -0.05) is 34.1 Å². The first-order valence-corrected chi connectivity index (χ1v) is 7.20. The van der Waals surface area contributed by atoms with Gasteiger partial charge in [-0.2, -0.15) is 0 Å². The van der Waals surface area contributed by atoms with Crippen LogP contribution < -0.4 is 10.5 Å². The maximum atomic E-state index is 5.94. The molecule has 2 N–H and O–H groups in total. The Hall–Kier alpha value is -0.840. The normalized spacial score (nSPS) is 10.4. The van der Waals surface area contributed by atoms with E-state index in [1.54, 1.807) is 0 Å². The standard InChI is InChI=1S/C14H13Br2NO/c15-11-6-5-10(7-8-17)14(9-11)18-13-4-2-1-3-12(13)16/h1-6,9H,7-8,17H2. The molecule has 2 aromatic carbocycles. The molecular weight excluding hydrogens is 358 g/mol. The fraction of sp³-hybridized carbons (Fsp3) is 0.143. The number of hydrogen-bond acceptors (Lipinski definition) is 2. The van der Waals surface area contributed by atoms with Crippen LogP contribution in [0.5, 0.6) is 11.5 Å². The third kappa shape index (κ3) is 3.34. The van der Waals surface area contributed by atoms with Gasteiger partial charge in [0.15, 0.2) is 0 Å². The van der Waals surface area contributed by atoms with Crippen LogP contribution >= 0.6 is 31.9 Å². The summed E-state index contributed by atoms with van der Waals surface area (Å²) in [5.41, 5.74) is 6.72. The summed E-state index contributed by atoms with van der Waals surface area (Å²) >= 11 is 6.93. The van der Waals surface area contributed by atoms with Crippen molar-refractivity contribution in [2.24, 2.45) is 5.73 Å². The van der Waals surface area contributed by atoms with Gasteiger partial charge >= 0.3 is 0 Å². The van der Waals surface area contributed by atoms with E-state index >= 15 is 0 Å². The van der Waals surface area contributed by atoms with Crippen LogP contribution in [0.25, 0.3) is 0 Å². The molecule has 0 bridgehead atoms. The molecule has 0 amide bonds. The molecule has 0 aliphatic rings. The van der Waals surface area contributed by atoms with Gasteiger partial charge in [0, 0.05) is 4.47 Å². The van der Waals surface area contributed by atoms with Crippen LogP contribution in [0.1, 0.15) is 5.56 Å². The molecule has 0 fully saturated rings. The van der Waals surface area contributed by atoms with E-state index in [0.717, 1.165) is 32.4 Å². The van der Waals surface area contributed by atoms with Crippen LogP contribution in [0.4, 0.5) is 0 Å². The fourth-order valence-corrected chi connectivity index (χ4v) is 2.34. The molecule has 0 atom stereocenters. The molecule has 0 unspecified atom stereocenters. The van der Waals surface area contributed by atoms with Crippen molar-refractivity contribution in [2.75, 3.05) is 6.54 Å².